The number of fused-ring (bicyclic) bond motifs is 2. The van der Waals surface area contributed by atoms with Gasteiger partial charge in [0.25, 0.3) is 5.91 Å². The zero-order valence-corrected chi connectivity index (χ0v) is 17.5. The molecule has 0 spiro atoms. The third-order valence-electron chi connectivity index (χ3n) is 4.26. The minimum absolute atomic E-state index is 0.0482. The van der Waals surface area contributed by atoms with Crippen LogP contribution in [0.4, 0.5) is 0 Å². The van der Waals surface area contributed by atoms with Crippen LogP contribution >= 0.6 is 22.9 Å². The van der Waals surface area contributed by atoms with Crippen LogP contribution < -0.4 is 14.3 Å². The number of hydrogen-bond donors (Lipinski definition) is 0. The van der Waals surface area contributed by atoms with Gasteiger partial charge in [0.15, 0.2) is 16.3 Å². The molecule has 9 heteroatoms. The number of nitrogens with zero attached hydrogens (tertiary/aromatic N) is 2. The van der Waals surface area contributed by atoms with Crippen molar-refractivity contribution in [1.82, 2.24) is 4.57 Å². The molecular formula is C21H17ClN2O5S. The minimum Gasteiger partial charge on any atom is -0.465 e. The van der Waals surface area contributed by atoms with Crippen LogP contribution in [-0.2, 0) is 20.9 Å². The van der Waals surface area contributed by atoms with Gasteiger partial charge in [-0.15, -0.1) is 0 Å². The highest BCUT2D eigenvalue weighted by Gasteiger charge is 2.13. The molecule has 0 saturated heterocycles. The maximum atomic E-state index is 12.5. The van der Waals surface area contributed by atoms with Crippen LogP contribution in [0.3, 0.4) is 0 Å². The van der Waals surface area contributed by atoms with E-state index in [9.17, 15) is 9.59 Å². The molecule has 2 aromatic carbocycles. The number of halogens is 1. The monoisotopic (exact) mass is 444 g/mol. The van der Waals surface area contributed by atoms with E-state index >= 15 is 0 Å². The average molecular weight is 445 g/mol. The zero-order chi connectivity index (χ0) is 21.1. The molecule has 1 aliphatic heterocycles. The number of carbonyl (C=O) groups is 2. The second-order valence-electron chi connectivity index (χ2n) is 6.28. The number of carbonyl (C=O) groups excluding carboxylic acids is 2. The molecular weight excluding hydrogens is 428 g/mol. The maximum Gasteiger partial charge on any atom is 0.326 e. The number of thiazole rings is 1. The predicted molar refractivity (Wildman–Crippen MR) is 114 cm³/mol. The van der Waals surface area contributed by atoms with Gasteiger partial charge in [-0.25, -0.2) is 0 Å². The summed E-state index contributed by atoms with van der Waals surface area (Å²) in [5, 5.41) is 0.563. The van der Waals surface area contributed by atoms with Crippen molar-refractivity contribution in [3.05, 3.63) is 57.9 Å². The first-order chi connectivity index (χ1) is 14.5. The Hall–Kier alpha value is -3.10. The van der Waals surface area contributed by atoms with E-state index in [0.717, 1.165) is 15.8 Å². The second kappa shape index (κ2) is 8.73. The molecule has 0 bridgehead atoms. The SMILES string of the molecule is CCOC(=O)Cn1c(=NC(=O)/C=C\c2ccc3c(c2)OCO3)sc2cc(Cl)ccc21. The molecule has 0 atom stereocenters. The molecule has 7 nitrogen and oxygen atoms in total. The van der Waals surface area contributed by atoms with Crippen molar-refractivity contribution in [2.75, 3.05) is 13.4 Å². The highest BCUT2D eigenvalue weighted by Crippen LogP contribution is 2.32. The van der Waals surface area contributed by atoms with E-state index in [2.05, 4.69) is 4.99 Å². The molecule has 0 saturated carbocycles. The van der Waals surface area contributed by atoms with Gasteiger partial charge >= 0.3 is 5.97 Å². The van der Waals surface area contributed by atoms with Gasteiger partial charge in [0, 0.05) is 11.1 Å². The normalized spacial score (nSPS) is 13.3. The summed E-state index contributed by atoms with van der Waals surface area (Å²) in [6, 6.07) is 10.7. The lowest BCUT2D eigenvalue weighted by Gasteiger charge is -2.04. The summed E-state index contributed by atoms with van der Waals surface area (Å²) >= 11 is 7.35. The van der Waals surface area contributed by atoms with E-state index in [-0.39, 0.29) is 19.9 Å². The Morgan fingerprint density at radius 3 is 2.90 bits per heavy atom. The Morgan fingerprint density at radius 1 is 1.23 bits per heavy atom. The van der Waals surface area contributed by atoms with Crippen LogP contribution in [0.15, 0.2) is 47.5 Å². The molecule has 1 aliphatic rings. The van der Waals surface area contributed by atoms with Crippen LogP contribution in [0.2, 0.25) is 5.02 Å². The largest absolute Gasteiger partial charge is 0.465 e. The van der Waals surface area contributed by atoms with E-state index in [1.807, 2.05) is 6.07 Å². The minimum atomic E-state index is -0.456. The summed E-state index contributed by atoms with van der Waals surface area (Å²) < 4.78 is 18.1. The van der Waals surface area contributed by atoms with Crippen molar-refractivity contribution >= 4 is 51.1 Å². The van der Waals surface area contributed by atoms with Crippen molar-refractivity contribution in [3.63, 3.8) is 0 Å². The Morgan fingerprint density at radius 2 is 2.07 bits per heavy atom. The maximum absolute atomic E-state index is 12.5. The molecule has 0 fully saturated rings. The lowest BCUT2D eigenvalue weighted by Crippen LogP contribution is -2.22. The van der Waals surface area contributed by atoms with Gasteiger partial charge in [-0.2, -0.15) is 4.99 Å². The molecule has 0 N–H and O–H groups in total. The molecule has 1 amide bonds. The molecule has 0 radical (unpaired) electrons. The summed E-state index contributed by atoms with van der Waals surface area (Å²) in [4.78, 5) is 29.1. The fourth-order valence-electron chi connectivity index (χ4n) is 2.94. The van der Waals surface area contributed by atoms with Crippen LogP contribution in [0, 0.1) is 0 Å². The lowest BCUT2D eigenvalue weighted by atomic mass is 10.2. The topological polar surface area (TPSA) is 79.1 Å². The molecule has 3 aromatic rings. The van der Waals surface area contributed by atoms with E-state index in [1.165, 1.54) is 17.4 Å². The van der Waals surface area contributed by atoms with E-state index < -0.39 is 11.9 Å². The van der Waals surface area contributed by atoms with Crippen LogP contribution in [-0.4, -0.2) is 29.8 Å². The van der Waals surface area contributed by atoms with E-state index in [4.69, 9.17) is 25.8 Å². The van der Waals surface area contributed by atoms with Crippen molar-refractivity contribution in [1.29, 1.82) is 0 Å². The van der Waals surface area contributed by atoms with Gasteiger partial charge in [0.05, 0.1) is 16.8 Å². The second-order valence-corrected chi connectivity index (χ2v) is 7.73. The van der Waals surface area contributed by atoms with Crippen molar-refractivity contribution in [3.8, 4) is 11.5 Å². The highest BCUT2D eigenvalue weighted by molar-refractivity contribution is 7.16. The van der Waals surface area contributed by atoms with Gasteiger partial charge in [-0.1, -0.05) is 29.0 Å². The first-order valence-electron chi connectivity index (χ1n) is 9.14. The quantitative estimate of drug-likeness (QED) is 0.442. The van der Waals surface area contributed by atoms with Crippen LogP contribution in [0.1, 0.15) is 12.5 Å². The smallest absolute Gasteiger partial charge is 0.326 e. The van der Waals surface area contributed by atoms with Crippen LogP contribution in [0.5, 0.6) is 11.5 Å². The first kappa shape index (κ1) is 20.2. The third-order valence-corrected chi connectivity index (χ3v) is 5.53. The fourth-order valence-corrected chi connectivity index (χ4v) is 4.25. The van der Waals surface area contributed by atoms with E-state index in [0.29, 0.717) is 21.3 Å². The molecule has 0 unspecified atom stereocenters. The fraction of sp³-hybridized carbons (Fsp3) is 0.190. The number of ether oxygens (including phenoxy) is 3. The zero-order valence-electron chi connectivity index (χ0n) is 16.0. The summed E-state index contributed by atoms with van der Waals surface area (Å²) in [5.74, 6) is 0.446. The Labute approximate surface area is 180 Å². The summed E-state index contributed by atoms with van der Waals surface area (Å²) in [7, 11) is 0. The standard InChI is InChI=1S/C21H17ClN2O5S/c1-2-27-20(26)11-24-15-6-5-14(22)10-18(15)30-21(24)23-19(25)8-4-13-3-7-16-17(9-13)29-12-28-16/h3-10H,2,11-12H2,1H3/b8-4-,23-21?. The number of hydrogen-bond acceptors (Lipinski definition) is 6. The van der Waals surface area contributed by atoms with Gasteiger partial charge in [0.2, 0.25) is 6.79 Å². The summed E-state index contributed by atoms with van der Waals surface area (Å²) in [6.45, 7) is 2.15. The molecule has 154 valence electrons. The number of rotatable bonds is 5. The average Bonchev–Trinajstić information content (AvgIpc) is 3.30. The van der Waals surface area contributed by atoms with Gasteiger partial charge < -0.3 is 18.8 Å². The Bertz CT molecular complexity index is 1230. The number of amides is 1. The van der Waals surface area contributed by atoms with E-state index in [1.54, 1.807) is 47.9 Å². The van der Waals surface area contributed by atoms with Crippen molar-refractivity contribution in [2.45, 2.75) is 13.5 Å². The van der Waals surface area contributed by atoms with Crippen molar-refractivity contribution in [2.24, 2.45) is 4.99 Å². The first-order valence-corrected chi connectivity index (χ1v) is 10.3. The molecule has 30 heavy (non-hydrogen) atoms. The third kappa shape index (κ3) is 4.39. The summed E-state index contributed by atoms with van der Waals surface area (Å²) in [6.07, 6.45) is 3.01. The Kier molecular flexibility index (Phi) is 5.87. The number of benzene rings is 2. The molecule has 0 aliphatic carbocycles. The van der Waals surface area contributed by atoms with Gasteiger partial charge in [-0.05, 0) is 48.9 Å². The Balaban J connectivity index is 1.65. The van der Waals surface area contributed by atoms with Crippen molar-refractivity contribution < 1.29 is 23.8 Å². The molecule has 1 aromatic heterocycles. The molecule has 4 rings (SSSR count). The van der Waals surface area contributed by atoms with Gasteiger partial charge in [0.1, 0.15) is 6.54 Å². The van der Waals surface area contributed by atoms with Crippen LogP contribution in [0.25, 0.3) is 16.3 Å². The predicted octanol–water partition coefficient (Wildman–Crippen LogP) is 3.79. The number of aromatic nitrogens is 1. The summed E-state index contributed by atoms with van der Waals surface area (Å²) in [5.41, 5.74) is 1.54. The molecule has 2 heterocycles. The van der Waals surface area contributed by atoms with Gasteiger partial charge in [-0.3, -0.25) is 9.59 Å². The number of esters is 1. The lowest BCUT2D eigenvalue weighted by molar-refractivity contribution is -0.143. The highest BCUT2D eigenvalue weighted by atomic mass is 35.5.